The van der Waals surface area contributed by atoms with Gasteiger partial charge in [0.2, 0.25) is 10.0 Å². The van der Waals surface area contributed by atoms with E-state index in [1.165, 1.54) is 10.2 Å². The molecule has 0 bridgehead atoms. The molecule has 1 saturated heterocycles. The Bertz CT molecular complexity index is 1270. The molecule has 4 aromatic heterocycles. The summed E-state index contributed by atoms with van der Waals surface area (Å²) in [5.74, 6) is 1.38. The molecule has 0 aliphatic carbocycles. The van der Waals surface area contributed by atoms with Crippen LogP contribution in [0.3, 0.4) is 0 Å². The first kappa shape index (κ1) is 17.2. The fraction of sp³-hybridized carbons (Fsp3) is 0.353. The molecule has 0 spiro atoms. The van der Waals surface area contributed by atoms with E-state index in [0.29, 0.717) is 42.1 Å². The summed E-state index contributed by atoms with van der Waals surface area (Å²) in [4.78, 5) is 7.06. The minimum atomic E-state index is -3.49. The lowest BCUT2D eigenvalue weighted by atomic mass is 10.2. The topological polar surface area (TPSA) is 111 Å². The van der Waals surface area contributed by atoms with Crippen molar-refractivity contribution in [3.63, 3.8) is 0 Å². The zero-order valence-electron chi connectivity index (χ0n) is 15.4. The summed E-state index contributed by atoms with van der Waals surface area (Å²) in [5.41, 5.74) is 1.14. The van der Waals surface area contributed by atoms with Crippen LogP contribution in [0, 0.1) is 0 Å². The molecular formula is C17H19N7O3S. The lowest BCUT2D eigenvalue weighted by molar-refractivity contribution is 0.0987. The molecule has 1 aliphatic heterocycles. The summed E-state index contributed by atoms with van der Waals surface area (Å²) in [6.07, 6.45) is 6.03. The van der Waals surface area contributed by atoms with E-state index in [2.05, 4.69) is 27.1 Å². The van der Waals surface area contributed by atoms with E-state index in [0.717, 1.165) is 11.2 Å². The summed E-state index contributed by atoms with van der Waals surface area (Å²) in [6, 6.07) is 3.70. The van der Waals surface area contributed by atoms with Gasteiger partial charge in [0, 0.05) is 24.2 Å². The van der Waals surface area contributed by atoms with E-state index in [1.54, 1.807) is 35.4 Å². The minimum absolute atomic E-state index is 0.118. The fourth-order valence-electron chi connectivity index (χ4n) is 3.72. The van der Waals surface area contributed by atoms with Crippen LogP contribution in [0.15, 0.2) is 30.7 Å². The number of hydrogen-bond donors (Lipinski definition) is 1. The molecule has 1 N–H and O–H groups in total. The second-order valence-corrected chi connectivity index (χ2v) is 8.78. The molecule has 0 unspecified atom stereocenters. The Balaban J connectivity index is 1.88. The van der Waals surface area contributed by atoms with Crippen LogP contribution in [0.4, 0.5) is 5.82 Å². The minimum Gasteiger partial charge on any atom is -0.377 e. The largest absolute Gasteiger partial charge is 0.377 e. The van der Waals surface area contributed by atoms with Crippen molar-refractivity contribution >= 4 is 37.8 Å². The number of pyridine rings is 1. The van der Waals surface area contributed by atoms with Gasteiger partial charge in [-0.05, 0) is 13.0 Å². The van der Waals surface area contributed by atoms with Gasteiger partial charge in [-0.1, -0.05) is 0 Å². The van der Waals surface area contributed by atoms with E-state index in [9.17, 15) is 8.42 Å². The molecule has 5 heterocycles. The molecule has 0 saturated carbocycles. The predicted octanol–water partition coefficient (Wildman–Crippen LogP) is 1.13. The van der Waals surface area contributed by atoms with Crippen LogP contribution >= 0.6 is 0 Å². The molecule has 5 rings (SSSR count). The molecule has 28 heavy (non-hydrogen) atoms. The second kappa shape index (κ2) is 6.04. The number of rotatable bonds is 3. The van der Waals surface area contributed by atoms with Gasteiger partial charge in [0.1, 0.15) is 5.82 Å². The zero-order chi connectivity index (χ0) is 19.5. The third kappa shape index (κ3) is 2.50. The average molecular weight is 401 g/mol. The Hall–Kier alpha value is -2.92. The van der Waals surface area contributed by atoms with E-state index >= 15 is 0 Å². The first-order valence-corrected chi connectivity index (χ1v) is 10.7. The highest BCUT2D eigenvalue weighted by atomic mass is 32.2. The van der Waals surface area contributed by atoms with Crippen molar-refractivity contribution in [1.29, 1.82) is 0 Å². The number of anilines is 1. The number of aromatic amines is 1. The second-order valence-electron chi connectivity index (χ2n) is 6.93. The number of ether oxygens (including phenoxy) is 1. The maximum absolute atomic E-state index is 12.4. The lowest BCUT2D eigenvalue weighted by Gasteiger charge is -2.34. The molecule has 4 aromatic rings. The van der Waals surface area contributed by atoms with Gasteiger partial charge in [-0.2, -0.15) is 14.9 Å². The highest BCUT2D eigenvalue weighted by Gasteiger charge is 2.27. The van der Waals surface area contributed by atoms with Crippen LogP contribution in [0.5, 0.6) is 0 Å². The molecule has 11 heteroatoms. The molecule has 146 valence electrons. The Morgan fingerprint density at radius 2 is 2.14 bits per heavy atom. The lowest BCUT2D eigenvalue weighted by Crippen LogP contribution is -2.44. The first-order valence-electron chi connectivity index (χ1n) is 8.88. The van der Waals surface area contributed by atoms with Crippen LogP contribution in [0.2, 0.25) is 0 Å². The van der Waals surface area contributed by atoms with E-state index in [-0.39, 0.29) is 6.04 Å². The quantitative estimate of drug-likeness (QED) is 0.548. The Kier molecular flexibility index (Phi) is 3.71. The fourth-order valence-corrected chi connectivity index (χ4v) is 4.53. The number of fused-ring (bicyclic) bond motifs is 3. The molecule has 1 fully saturated rings. The van der Waals surface area contributed by atoms with Gasteiger partial charge in [0.25, 0.3) is 0 Å². The molecule has 0 radical (unpaired) electrons. The average Bonchev–Trinajstić information content (AvgIpc) is 3.38. The molecule has 1 atom stereocenters. The van der Waals surface area contributed by atoms with Gasteiger partial charge in [0.15, 0.2) is 11.5 Å². The van der Waals surface area contributed by atoms with Gasteiger partial charge >= 0.3 is 0 Å². The van der Waals surface area contributed by atoms with Crippen LogP contribution < -0.4 is 4.90 Å². The maximum Gasteiger partial charge on any atom is 0.236 e. The number of aromatic nitrogens is 6. The van der Waals surface area contributed by atoms with Gasteiger partial charge in [-0.25, -0.2) is 17.4 Å². The van der Waals surface area contributed by atoms with E-state index in [1.807, 2.05) is 0 Å². The van der Waals surface area contributed by atoms with E-state index < -0.39 is 10.0 Å². The van der Waals surface area contributed by atoms with E-state index in [4.69, 9.17) is 9.72 Å². The normalized spacial score (nSPS) is 18.4. The number of nitrogens with one attached hydrogen (secondary N) is 1. The van der Waals surface area contributed by atoms with Crippen LogP contribution in [-0.2, 0) is 14.8 Å². The summed E-state index contributed by atoms with van der Waals surface area (Å²) in [6.45, 7) is 3.93. The third-order valence-electron chi connectivity index (χ3n) is 5.01. The van der Waals surface area contributed by atoms with Crippen LogP contribution in [0.1, 0.15) is 6.92 Å². The third-order valence-corrected chi connectivity index (χ3v) is 6.03. The van der Waals surface area contributed by atoms with Gasteiger partial charge in [0.05, 0.1) is 48.8 Å². The van der Waals surface area contributed by atoms with Crippen molar-refractivity contribution in [2.45, 2.75) is 13.0 Å². The number of H-pyrrole nitrogens is 1. The highest BCUT2D eigenvalue weighted by Crippen LogP contribution is 2.35. The van der Waals surface area contributed by atoms with Crippen LogP contribution in [-0.4, -0.2) is 69.4 Å². The predicted molar refractivity (Wildman–Crippen MR) is 104 cm³/mol. The number of hydrogen-bond acceptors (Lipinski definition) is 7. The highest BCUT2D eigenvalue weighted by molar-refractivity contribution is 7.89. The Labute approximate surface area is 160 Å². The summed E-state index contributed by atoms with van der Waals surface area (Å²) < 4.78 is 33.3. The molecule has 10 nitrogen and oxygen atoms in total. The first-order chi connectivity index (χ1) is 13.4. The van der Waals surface area contributed by atoms with Gasteiger partial charge < -0.3 is 9.64 Å². The number of morpholine rings is 1. The standard InChI is InChI=1S/C17H19N7O3S/c1-11-10-27-8-7-22(11)16-12-4-6-23(28(2,25)26)15(12)13-9-19-24(17(13)20-16)14-3-5-18-21-14/h3-6,9,11H,7-8,10H2,1-2H3,(H,18,21)/t11-/m1/s1. The zero-order valence-corrected chi connectivity index (χ0v) is 16.2. The maximum atomic E-state index is 12.4. The Morgan fingerprint density at radius 3 is 2.86 bits per heavy atom. The van der Waals surface area contributed by atoms with Crippen molar-refractivity contribution < 1.29 is 13.2 Å². The molecule has 1 aliphatic rings. The van der Waals surface area contributed by atoms with Crippen molar-refractivity contribution in [3.8, 4) is 5.82 Å². The van der Waals surface area contributed by atoms with Crippen molar-refractivity contribution in [2.24, 2.45) is 0 Å². The molecular weight excluding hydrogens is 382 g/mol. The monoisotopic (exact) mass is 401 g/mol. The smallest absolute Gasteiger partial charge is 0.236 e. The van der Waals surface area contributed by atoms with Crippen molar-refractivity contribution in [2.75, 3.05) is 30.9 Å². The Morgan fingerprint density at radius 1 is 1.29 bits per heavy atom. The van der Waals surface area contributed by atoms with Gasteiger partial charge in [-0.15, -0.1) is 0 Å². The van der Waals surface area contributed by atoms with Crippen molar-refractivity contribution in [3.05, 3.63) is 30.7 Å². The van der Waals surface area contributed by atoms with Crippen molar-refractivity contribution in [1.82, 2.24) is 28.9 Å². The van der Waals surface area contributed by atoms with Crippen LogP contribution in [0.25, 0.3) is 27.8 Å². The SMILES string of the molecule is C[C@@H]1COCCN1c1nc2c(cnn2-c2ccn[nH]2)c2c1ccn2S(C)(=O)=O. The number of nitrogens with zero attached hydrogens (tertiary/aromatic N) is 6. The van der Waals surface area contributed by atoms with Gasteiger partial charge in [-0.3, -0.25) is 5.10 Å². The summed E-state index contributed by atoms with van der Waals surface area (Å²) >= 11 is 0. The summed E-state index contributed by atoms with van der Waals surface area (Å²) in [5, 5.41) is 12.7. The molecule has 0 aromatic carbocycles. The summed E-state index contributed by atoms with van der Waals surface area (Å²) in [7, 11) is -3.49. The molecule has 0 amide bonds.